The number of hydrogen-bond acceptors (Lipinski definition) is 4. The highest BCUT2D eigenvalue weighted by atomic mass is 32.1. The summed E-state index contributed by atoms with van der Waals surface area (Å²) >= 11 is 1.59. The molecule has 5 nitrogen and oxygen atoms in total. The monoisotopic (exact) mass is 278 g/mol. The fourth-order valence-corrected chi connectivity index (χ4v) is 2.63. The number of aryl methyl sites for hydroxylation is 2. The van der Waals surface area contributed by atoms with Crippen molar-refractivity contribution in [2.75, 3.05) is 5.73 Å². The molecule has 0 bridgehead atoms. The molecule has 3 N–H and O–H groups in total. The van der Waals surface area contributed by atoms with Gasteiger partial charge in [0, 0.05) is 23.8 Å². The Morgan fingerprint density at radius 1 is 1.58 bits per heavy atom. The van der Waals surface area contributed by atoms with Crippen molar-refractivity contribution in [3.05, 3.63) is 34.0 Å². The second-order valence-corrected chi connectivity index (χ2v) is 5.70. The molecule has 0 unspecified atom stereocenters. The number of carbonyl (C=O) groups excluding carboxylic acids is 1. The number of carbonyl (C=O) groups is 1. The topological polar surface area (TPSA) is 72.9 Å². The highest BCUT2D eigenvalue weighted by Crippen LogP contribution is 2.13. The van der Waals surface area contributed by atoms with Gasteiger partial charge in [0.15, 0.2) is 0 Å². The molecule has 0 atom stereocenters. The van der Waals surface area contributed by atoms with E-state index in [1.807, 2.05) is 11.5 Å². The fraction of sp³-hybridized carbons (Fsp3) is 0.385. The van der Waals surface area contributed by atoms with Crippen LogP contribution in [0.5, 0.6) is 0 Å². The Morgan fingerprint density at radius 3 is 3.00 bits per heavy atom. The zero-order valence-corrected chi connectivity index (χ0v) is 12.0. The maximum absolute atomic E-state index is 12.1. The van der Waals surface area contributed by atoms with Gasteiger partial charge in [0.25, 0.3) is 5.91 Å². The Kier molecular flexibility index (Phi) is 4.21. The minimum absolute atomic E-state index is 0.101. The molecular weight excluding hydrogens is 260 g/mol. The molecule has 1 amide bonds. The Labute approximate surface area is 116 Å². The highest BCUT2D eigenvalue weighted by Gasteiger charge is 2.12. The third-order valence-electron chi connectivity index (χ3n) is 2.71. The van der Waals surface area contributed by atoms with E-state index in [0.29, 0.717) is 17.9 Å². The lowest BCUT2D eigenvalue weighted by Crippen LogP contribution is -2.25. The van der Waals surface area contributed by atoms with Crippen molar-refractivity contribution in [1.82, 2.24) is 14.9 Å². The van der Waals surface area contributed by atoms with Crippen LogP contribution in [0.3, 0.4) is 0 Å². The molecule has 6 heteroatoms. The average molecular weight is 278 g/mol. The number of amides is 1. The van der Waals surface area contributed by atoms with Gasteiger partial charge in [0.1, 0.15) is 5.69 Å². The number of rotatable bonds is 5. The van der Waals surface area contributed by atoms with E-state index in [0.717, 1.165) is 22.9 Å². The molecule has 0 fully saturated rings. The zero-order chi connectivity index (χ0) is 13.8. The van der Waals surface area contributed by atoms with E-state index in [-0.39, 0.29) is 5.91 Å². The summed E-state index contributed by atoms with van der Waals surface area (Å²) in [5.41, 5.74) is 6.98. The summed E-state index contributed by atoms with van der Waals surface area (Å²) in [4.78, 5) is 17.3. The van der Waals surface area contributed by atoms with E-state index < -0.39 is 0 Å². The smallest absolute Gasteiger partial charge is 0.268 e. The van der Waals surface area contributed by atoms with Gasteiger partial charge >= 0.3 is 0 Å². The van der Waals surface area contributed by atoms with Gasteiger partial charge < -0.3 is 15.6 Å². The van der Waals surface area contributed by atoms with Crippen LogP contribution in [-0.2, 0) is 13.1 Å². The second-order valence-electron chi connectivity index (χ2n) is 4.38. The number of nitrogen functional groups attached to an aromatic ring is 1. The number of nitrogens with zero attached hydrogens (tertiary/aromatic N) is 2. The van der Waals surface area contributed by atoms with Crippen LogP contribution in [0, 0.1) is 6.92 Å². The van der Waals surface area contributed by atoms with Gasteiger partial charge in [-0.15, -0.1) is 11.3 Å². The lowest BCUT2D eigenvalue weighted by atomic mass is 10.3. The predicted octanol–water partition coefficient (Wildman–Crippen LogP) is 2.18. The van der Waals surface area contributed by atoms with E-state index in [1.54, 1.807) is 29.8 Å². The molecule has 0 aliphatic heterocycles. The Morgan fingerprint density at radius 2 is 2.37 bits per heavy atom. The van der Waals surface area contributed by atoms with Crippen LogP contribution in [-0.4, -0.2) is 15.5 Å². The van der Waals surface area contributed by atoms with Crippen LogP contribution in [0.1, 0.15) is 33.7 Å². The molecule has 2 rings (SSSR count). The number of aromatic nitrogens is 2. The van der Waals surface area contributed by atoms with E-state index in [1.165, 1.54) is 0 Å². The zero-order valence-electron chi connectivity index (χ0n) is 11.1. The van der Waals surface area contributed by atoms with Crippen molar-refractivity contribution in [2.45, 2.75) is 33.4 Å². The van der Waals surface area contributed by atoms with Gasteiger partial charge in [0.2, 0.25) is 0 Å². The fourth-order valence-electron chi connectivity index (χ4n) is 1.89. The molecule has 0 aromatic carbocycles. The molecule has 102 valence electrons. The number of hydrogen-bond donors (Lipinski definition) is 2. The summed E-state index contributed by atoms with van der Waals surface area (Å²) in [5, 5.41) is 3.90. The minimum Gasteiger partial charge on any atom is -0.397 e. The van der Waals surface area contributed by atoms with E-state index in [4.69, 9.17) is 5.73 Å². The van der Waals surface area contributed by atoms with Crippen molar-refractivity contribution in [3.8, 4) is 0 Å². The Balaban J connectivity index is 2.03. The van der Waals surface area contributed by atoms with Crippen LogP contribution < -0.4 is 11.1 Å². The first-order valence-corrected chi connectivity index (χ1v) is 7.07. The summed E-state index contributed by atoms with van der Waals surface area (Å²) in [6, 6.07) is 1.71. The summed E-state index contributed by atoms with van der Waals surface area (Å²) in [6.07, 6.45) is 4.55. The van der Waals surface area contributed by atoms with Crippen molar-refractivity contribution in [2.24, 2.45) is 0 Å². The van der Waals surface area contributed by atoms with Gasteiger partial charge in [0.05, 0.1) is 17.2 Å². The average Bonchev–Trinajstić information content (AvgIpc) is 2.93. The van der Waals surface area contributed by atoms with Crippen LogP contribution >= 0.6 is 11.3 Å². The number of nitrogens with one attached hydrogen (secondary N) is 1. The van der Waals surface area contributed by atoms with Gasteiger partial charge in [-0.05, 0) is 19.4 Å². The summed E-state index contributed by atoms with van der Waals surface area (Å²) in [5.74, 6) is -0.101. The molecule has 2 aromatic heterocycles. The quantitative estimate of drug-likeness (QED) is 0.880. The summed E-state index contributed by atoms with van der Waals surface area (Å²) < 4.78 is 1.89. The number of thiazole rings is 1. The Bertz CT molecular complexity index is 573. The lowest BCUT2D eigenvalue weighted by molar-refractivity contribution is 0.0942. The molecule has 0 radical (unpaired) electrons. The van der Waals surface area contributed by atoms with Gasteiger partial charge in [-0.25, -0.2) is 4.98 Å². The standard InChI is InChI=1S/C13H18N4OS/c1-3-4-17-8-10(14)5-12(17)13(18)16-7-11-6-15-9(2)19-11/h5-6,8H,3-4,7,14H2,1-2H3,(H,16,18). The van der Waals surface area contributed by atoms with Crippen molar-refractivity contribution >= 4 is 22.9 Å². The van der Waals surface area contributed by atoms with E-state index in [2.05, 4.69) is 17.2 Å². The molecule has 0 saturated carbocycles. The first kappa shape index (κ1) is 13.6. The lowest BCUT2D eigenvalue weighted by Gasteiger charge is -2.07. The molecule has 0 saturated heterocycles. The summed E-state index contributed by atoms with van der Waals surface area (Å²) in [7, 11) is 0. The highest BCUT2D eigenvalue weighted by molar-refractivity contribution is 7.11. The minimum atomic E-state index is -0.101. The molecular formula is C13H18N4OS. The van der Waals surface area contributed by atoms with Crippen molar-refractivity contribution in [1.29, 1.82) is 0 Å². The third kappa shape index (κ3) is 3.35. The number of anilines is 1. The maximum Gasteiger partial charge on any atom is 0.268 e. The van der Waals surface area contributed by atoms with Crippen LogP contribution in [0.2, 0.25) is 0 Å². The van der Waals surface area contributed by atoms with Gasteiger partial charge in [-0.3, -0.25) is 4.79 Å². The third-order valence-corrected chi connectivity index (χ3v) is 3.62. The van der Waals surface area contributed by atoms with Gasteiger partial charge in [-0.2, -0.15) is 0 Å². The van der Waals surface area contributed by atoms with E-state index >= 15 is 0 Å². The van der Waals surface area contributed by atoms with Gasteiger partial charge in [-0.1, -0.05) is 6.92 Å². The second kappa shape index (κ2) is 5.88. The predicted molar refractivity (Wildman–Crippen MR) is 77.2 cm³/mol. The van der Waals surface area contributed by atoms with Crippen molar-refractivity contribution < 1.29 is 4.79 Å². The van der Waals surface area contributed by atoms with Crippen LogP contribution in [0.25, 0.3) is 0 Å². The molecule has 19 heavy (non-hydrogen) atoms. The van der Waals surface area contributed by atoms with Crippen molar-refractivity contribution in [3.63, 3.8) is 0 Å². The first-order valence-electron chi connectivity index (χ1n) is 6.25. The summed E-state index contributed by atoms with van der Waals surface area (Å²) in [6.45, 7) is 5.31. The van der Waals surface area contributed by atoms with E-state index in [9.17, 15) is 4.79 Å². The van der Waals surface area contributed by atoms with Crippen LogP contribution in [0.15, 0.2) is 18.5 Å². The molecule has 0 aliphatic rings. The first-order chi connectivity index (χ1) is 9.10. The SMILES string of the molecule is CCCn1cc(N)cc1C(=O)NCc1cnc(C)s1. The number of nitrogens with two attached hydrogens (primary N) is 1. The molecule has 2 aromatic rings. The normalized spacial score (nSPS) is 10.6. The largest absolute Gasteiger partial charge is 0.397 e. The molecule has 0 spiro atoms. The molecule has 2 heterocycles. The maximum atomic E-state index is 12.1. The Hall–Kier alpha value is -1.82. The van der Waals surface area contributed by atoms with Crippen LogP contribution in [0.4, 0.5) is 5.69 Å². The molecule has 0 aliphatic carbocycles.